The van der Waals surface area contributed by atoms with Gasteiger partial charge in [0, 0.05) is 0 Å². The largest absolute Gasteiger partial charge is 0.446 e. The molecule has 16 heavy (non-hydrogen) atoms. The highest BCUT2D eigenvalue weighted by Crippen LogP contribution is 2.43. The van der Waals surface area contributed by atoms with Crippen molar-refractivity contribution >= 4 is 17.4 Å². The highest BCUT2D eigenvalue weighted by atomic mass is 32.2. The second-order valence-electron chi connectivity index (χ2n) is 2.88. The SMILES string of the molecule is Cc1cc(F)cc([N+](=O)[O-])c1SC(F)(F)F. The number of rotatable bonds is 2. The van der Waals surface area contributed by atoms with Gasteiger partial charge in [0.1, 0.15) is 5.82 Å². The van der Waals surface area contributed by atoms with Crippen LogP contribution in [0.4, 0.5) is 23.2 Å². The van der Waals surface area contributed by atoms with Gasteiger partial charge in [-0.05, 0) is 30.3 Å². The summed E-state index contributed by atoms with van der Waals surface area (Å²) in [6, 6.07) is 1.29. The van der Waals surface area contributed by atoms with Gasteiger partial charge in [-0.3, -0.25) is 10.1 Å². The van der Waals surface area contributed by atoms with Crippen LogP contribution in [0.15, 0.2) is 17.0 Å². The van der Waals surface area contributed by atoms with Crippen molar-refractivity contribution in [2.45, 2.75) is 17.3 Å². The van der Waals surface area contributed by atoms with Crippen LogP contribution in [0.2, 0.25) is 0 Å². The van der Waals surface area contributed by atoms with Crippen LogP contribution in [0.25, 0.3) is 0 Å². The molecule has 0 unspecified atom stereocenters. The van der Waals surface area contributed by atoms with E-state index in [0.29, 0.717) is 6.07 Å². The van der Waals surface area contributed by atoms with Crippen molar-refractivity contribution in [3.05, 3.63) is 33.6 Å². The molecule has 0 aliphatic rings. The summed E-state index contributed by atoms with van der Waals surface area (Å²) in [5.74, 6) is -0.935. The number of nitro benzene ring substituents is 1. The van der Waals surface area contributed by atoms with Gasteiger partial charge in [0.25, 0.3) is 5.69 Å². The van der Waals surface area contributed by atoms with E-state index < -0.39 is 38.6 Å². The van der Waals surface area contributed by atoms with Crippen molar-refractivity contribution in [2.75, 3.05) is 0 Å². The molecule has 0 saturated carbocycles. The summed E-state index contributed by atoms with van der Waals surface area (Å²) in [5, 5.41) is 10.5. The molecule has 0 radical (unpaired) electrons. The Kier molecular flexibility index (Phi) is 3.41. The predicted molar refractivity (Wildman–Crippen MR) is 49.7 cm³/mol. The number of alkyl halides is 3. The van der Waals surface area contributed by atoms with Crippen LogP contribution in [0.5, 0.6) is 0 Å². The molecule has 1 aromatic rings. The lowest BCUT2D eigenvalue weighted by Crippen LogP contribution is -2.03. The molecule has 0 atom stereocenters. The maximum atomic E-state index is 12.8. The molecule has 0 aliphatic heterocycles. The molecule has 1 rings (SSSR count). The summed E-state index contributed by atoms with van der Waals surface area (Å²) in [5.41, 5.74) is -5.64. The summed E-state index contributed by atoms with van der Waals surface area (Å²) in [6.45, 7) is 1.18. The second kappa shape index (κ2) is 4.28. The number of benzene rings is 1. The number of aryl methyl sites for hydroxylation is 1. The van der Waals surface area contributed by atoms with Crippen LogP contribution in [0.1, 0.15) is 5.56 Å². The predicted octanol–water partition coefficient (Wildman–Crippen LogP) is 3.65. The molecule has 0 saturated heterocycles. The minimum absolute atomic E-state index is 0.117. The molecule has 3 nitrogen and oxygen atoms in total. The van der Waals surface area contributed by atoms with E-state index in [-0.39, 0.29) is 5.56 Å². The number of thioether (sulfide) groups is 1. The Bertz CT molecular complexity index is 433. The van der Waals surface area contributed by atoms with Gasteiger partial charge in [-0.15, -0.1) is 0 Å². The van der Waals surface area contributed by atoms with Crippen molar-refractivity contribution in [3.8, 4) is 0 Å². The first-order valence-corrected chi connectivity index (χ1v) is 4.72. The number of hydrogen-bond donors (Lipinski definition) is 0. The molecule has 1 aromatic carbocycles. The maximum Gasteiger partial charge on any atom is 0.446 e. The number of nitrogens with zero attached hydrogens (tertiary/aromatic N) is 1. The average Bonchev–Trinajstić information content (AvgIpc) is 2.07. The third-order valence-corrected chi connectivity index (χ3v) is 2.60. The van der Waals surface area contributed by atoms with Crippen LogP contribution in [0.3, 0.4) is 0 Å². The Hall–Kier alpha value is -1.31. The van der Waals surface area contributed by atoms with Crippen molar-refractivity contribution in [1.82, 2.24) is 0 Å². The quantitative estimate of drug-likeness (QED) is 0.350. The molecular formula is C8H5F4NO2S. The third kappa shape index (κ3) is 3.09. The van der Waals surface area contributed by atoms with Crippen LogP contribution < -0.4 is 0 Å². The van der Waals surface area contributed by atoms with E-state index in [1.54, 1.807) is 0 Å². The van der Waals surface area contributed by atoms with Gasteiger partial charge in [0.15, 0.2) is 0 Å². The third-order valence-electron chi connectivity index (χ3n) is 1.63. The van der Waals surface area contributed by atoms with Crippen LogP contribution in [-0.4, -0.2) is 10.4 Å². The highest BCUT2D eigenvalue weighted by Gasteiger charge is 2.34. The fourth-order valence-corrected chi connectivity index (χ4v) is 1.79. The van der Waals surface area contributed by atoms with E-state index in [9.17, 15) is 27.7 Å². The lowest BCUT2D eigenvalue weighted by molar-refractivity contribution is -0.388. The summed E-state index contributed by atoms with van der Waals surface area (Å²) in [4.78, 5) is 8.85. The van der Waals surface area contributed by atoms with E-state index in [0.717, 1.165) is 6.07 Å². The summed E-state index contributed by atoms with van der Waals surface area (Å²) < 4.78 is 49.1. The number of hydrogen-bond acceptors (Lipinski definition) is 3. The van der Waals surface area contributed by atoms with Gasteiger partial charge in [-0.25, -0.2) is 4.39 Å². The minimum atomic E-state index is -4.65. The standard InChI is InChI=1S/C8H5F4NO2S/c1-4-2-5(9)3-6(13(14)15)7(4)16-8(10,11)12/h2-3H,1H3. The zero-order valence-electron chi connectivity index (χ0n) is 7.84. The van der Waals surface area contributed by atoms with Crippen molar-refractivity contribution in [2.24, 2.45) is 0 Å². The van der Waals surface area contributed by atoms with Gasteiger partial charge >= 0.3 is 5.51 Å². The van der Waals surface area contributed by atoms with Crippen molar-refractivity contribution in [3.63, 3.8) is 0 Å². The van der Waals surface area contributed by atoms with E-state index in [2.05, 4.69) is 0 Å². The lowest BCUT2D eigenvalue weighted by atomic mass is 10.2. The summed E-state index contributed by atoms with van der Waals surface area (Å²) in [6.07, 6.45) is 0. The molecule has 0 fully saturated rings. The van der Waals surface area contributed by atoms with Crippen LogP contribution >= 0.6 is 11.8 Å². The molecule has 0 amide bonds. The minimum Gasteiger partial charge on any atom is -0.258 e. The maximum absolute atomic E-state index is 12.8. The topological polar surface area (TPSA) is 43.1 Å². The Balaban J connectivity index is 3.30. The van der Waals surface area contributed by atoms with Gasteiger partial charge < -0.3 is 0 Å². The molecule has 0 aromatic heterocycles. The normalized spacial score (nSPS) is 11.6. The average molecular weight is 255 g/mol. The highest BCUT2D eigenvalue weighted by molar-refractivity contribution is 8.00. The van der Waals surface area contributed by atoms with E-state index >= 15 is 0 Å². The van der Waals surface area contributed by atoms with Crippen molar-refractivity contribution in [1.29, 1.82) is 0 Å². The van der Waals surface area contributed by atoms with E-state index in [4.69, 9.17) is 0 Å². The smallest absolute Gasteiger partial charge is 0.258 e. The van der Waals surface area contributed by atoms with Gasteiger partial charge in [-0.1, -0.05) is 0 Å². The Morgan fingerprint density at radius 3 is 2.38 bits per heavy atom. The zero-order chi connectivity index (χ0) is 12.5. The molecule has 0 heterocycles. The van der Waals surface area contributed by atoms with E-state index in [1.807, 2.05) is 0 Å². The first-order chi connectivity index (χ1) is 7.20. The molecule has 0 bridgehead atoms. The lowest BCUT2D eigenvalue weighted by Gasteiger charge is -2.08. The molecule has 8 heteroatoms. The fraction of sp³-hybridized carbons (Fsp3) is 0.250. The van der Waals surface area contributed by atoms with Crippen molar-refractivity contribution < 1.29 is 22.5 Å². The second-order valence-corrected chi connectivity index (χ2v) is 3.95. The van der Waals surface area contributed by atoms with E-state index in [1.165, 1.54) is 6.92 Å². The van der Waals surface area contributed by atoms with Gasteiger partial charge in [-0.2, -0.15) is 13.2 Å². The number of halogens is 4. The first-order valence-electron chi connectivity index (χ1n) is 3.91. The Labute approximate surface area is 91.6 Å². The molecular weight excluding hydrogens is 250 g/mol. The molecule has 88 valence electrons. The Morgan fingerprint density at radius 1 is 1.38 bits per heavy atom. The summed E-state index contributed by atoms with van der Waals surface area (Å²) >= 11 is -0.617. The monoisotopic (exact) mass is 255 g/mol. The van der Waals surface area contributed by atoms with Gasteiger partial charge in [0.05, 0.1) is 15.9 Å². The molecule has 0 aliphatic carbocycles. The summed E-state index contributed by atoms with van der Waals surface area (Å²) in [7, 11) is 0. The Morgan fingerprint density at radius 2 is 1.94 bits per heavy atom. The van der Waals surface area contributed by atoms with Crippen LogP contribution in [-0.2, 0) is 0 Å². The van der Waals surface area contributed by atoms with Gasteiger partial charge in [0.2, 0.25) is 0 Å². The van der Waals surface area contributed by atoms with Crippen LogP contribution in [0, 0.1) is 22.9 Å². The molecule has 0 spiro atoms. The number of nitro groups is 1. The first kappa shape index (κ1) is 12.8. The molecule has 0 N–H and O–H groups in total. The fourth-order valence-electron chi connectivity index (χ4n) is 1.10. The zero-order valence-corrected chi connectivity index (χ0v) is 8.66.